The Morgan fingerprint density at radius 1 is 1.32 bits per heavy atom. The van der Waals surface area contributed by atoms with Gasteiger partial charge in [0.15, 0.2) is 0 Å². The van der Waals surface area contributed by atoms with Crippen molar-refractivity contribution in [1.82, 2.24) is 5.32 Å². The highest BCUT2D eigenvalue weighted by Gasteiger charge is 2.17. The molecule has 0 saturated heterocycles. The normalized spacial score (nSPS) is 13.5. The number of nitrogens with two attached hydrogens (primary N) is 1. The Labute approximate surface area is 114 Å². The molecule has 2 unspecified atom stereocenters. The van der Waals surface area contributed by atoms with E-state index in [-0.39, 0.29) is 17.9 Å². The standard InChI is InChI=1S/C14H22N2O3/c1-9(10(2)15)14(17)16-8-11-7-12(18-3)5-6-13(11)19-4/h5-7,9-10H,8,15H2,1-4H3,(H,16,17). The van der Waals surface area contributed by atoms with Crippen LogP contribution in [0.15, 0.2) is 18.2 Å². The van der Waals surface area contributed by atoms with Crippen LogP contribution in [0.25, 0.3) is 0 Å². The second kappa shape index (κ2) is 6.99. The van der Waals surface area contributed by atoms with Gasteiger partial charge in [0.05, 0.1) is 14.2 Å². The fourth-order valence-electron chi connectivity index (χ4n) is 1.60. The van der Waals surface area contributed by atoms with Crippen molar-refractivity contribution >= 4 is 5.91 Å². The Hall–Kier alpha value is -1.75. The molecule has 1 aromatic rings. The molecule has 0 bridgehead atoms. The highest BCUT2D eigenvalue weighted by molar-refractivity contribution is 5.79. The highest BCUT2D eigenvalue weighted by atomic mass is 16.5. The van der Waals surface area contributed by atoms with Gasteiger partial charge in [-0.25, -0.2) is 0 Å². The van der Waals surface area contributed by atoms with Gasteiger partial charge < -0.3 is 20.5 Å². The van der Waals surface area contributed by atoms with Crippen molar-refractivity contribution < 1.29 is 14.3 Å². The van der Waals surface area contributed by atoms with Gasteiger partial charge in [0.1, 0.15) is 11.5 Å². The van der Waals surface area contributed by atoms with E-state index in [1.807, 2.05) is 32.0 Å². The molecule has 3 N–H and O–H groups in total. The zero-order valence-corrected chi connectivity index (χ0v) is 11.9. The number of carbonyl (C=O) groups excluding carboxylic acids is 1. The van der Waals surface area contributed by atoms with Crippen LogP contribution in [-0.2, 0) is 11.3 Å². The van der Waals surface area contributed by atoms with Crippen molar-refractivity contribution in [2.45, 2.75) is 26.4 Å². The molecule has 0 aliphatic carbocycles. The summed E-state index contributed by atoms with van der Waals surface area (Å²) in [5.74, 6) is 1.15. The predicted molar refractivity (Wildman–Crippen MR) is 74.2 cm³/mol. The van der Waals surface area contributed by atoms with Crippen molar-refractivity contribution in [2.24, 2.45) is 11.7 Å². The Bertz CT molecular complexity index is 433. The molecule has 1 rings (SSSR count). The van der Waals surface area contributed by atoms with E-state index in [9.17, 15) is 4.79 Å². The monoisotopic (exact) mass is 266 g/mol. The van der Waals surface area contributed by atoms with Crippen LogP contribution in [0.5, 0.6) is 11.5 Å². The van der Waals surface area contributed by atoms with E-state index in [2.05, 4.69) is 5.32 Å². The van der Waals surface area contributed by atoms with Gasteiger partial charge in [0, 0.05) is 24.1 Å². The highest BCUT2D eigenvalue weighted by Crippen LogP contribution is 2.23. The quantitative estimate of drug-likeness (QED) is 0.814. The van der Waals surface area contributed by atoms with Crippen LogP contribution >= 0.6 is 0 Å². The average Bonchev–Trinajstić information content (AvgIpc) is 2.43. The molecular formula is C14H22N2O3. The number of rotatable bonds is 6. The van der Waals surface area contributed by atoms with E-state index in [1.54, 1.807) is 14.2 Å². The minimum absolute atomic E-state index is 0.0696. The number of carbonyl (C=O) groups is 1. The minimum atomic E-state index is -0.225. The van der Waals surface area contributed by atoms with Gasteiger partial charge in [-0.05, 0) is 25.1 Å². The minimum Gasteiger partial charge on any atom is -0.497 e. The molecule has 2 atom stereocenters. The van der Waals surface area contributed by atoms with Crippen LogP contribution in [0.1, 0.15) is 19.4 Å². The molecule has 106 valence electrons. The van der Waals surface area contributed by atoms with E-state index in [0.717, 1.165) is 17.1 Å². The maximum absolute atomic E-state index is 11.8. The molecule has 0 saturated carbocycles. The Morgan fingerprint density at radius 2 is 2.00 bits per heavy atom. The van der Waals surface area contributed by atoms with Crippen LogP contribution in [0.4, 0.5) is 0 Å². The van der Waals surface area contributed by atoms with Gasteiger partial charge in [-0.15, -0.1) is 0 Å². The first-order valence-corrected chi connectivity index (χ1v) is 6.23. The van der Waals surface area contributed by atoms with Crippen LogP contribution in [-0.4, -0.2) is 26.2 Å². The van der Waals surface area contributed by atoms with Crippen LogP contribution < -0.4 is 20.5 Å². The Balaban J connectivity index is 2.73. The Kier molecular flexibility index (Phi) is 5.63. The van der Waals surface area contributed by atoms with E-state index in [4.69, 9.17) is 15.2 Å². The lowest BCUT2D eigenvalue weighted by Gasteiger charge is -2.16. The van der Waals surface area contributed by atoms with Gasteiger partial charge >= 0.3 is 0 Å². The first kappa shape index (κ1) is 15.3. The fourth-order valence-corrected chi connectivity index (χ4v) is 1.60. The number of benzene rings is 1. The van der Waals surface area contributed by atoms with Crippen molar-refractivity contribution in [1.29, 1.82) is 0 Å². The smallest absolute Gasteiger partial charge is 0.224 e. The SMILES string of the molecule is COc1ccc(OC)c(CNC(=O)C(C)C(C)N)c1. The number of methoxy groups -OCH3 is 2. The largest absolute Gasteiger partial charge is 0.497 e. The summed E-state index contributed by atoms with van der Waals surface area (Å²) >= 11 is 0. The number of amides is 1. The molecule has 19 heavy (non-hydrogen) atoms. The van der Waals surface area contributed by atoms with E-state index >= 15 is 0 Å². The number of ether oxygens (including phenoxy) is 2. The zero-order chi connectivity index (χ0) is 14.4. The lowest BCUT2D eigenvalue weighted by Crippen LogP contribution is -2.38. The maximum atomic E-state index is 11.8. The molecule has 1 aromatic carbocycles. The first-order chi connectivity index (χ1) is 8.99. The summed E-state index contributed by atoms with van der Waals surface area (Å²) in [4.78, 5) is 11.8. The van der Waals surface area contributed by atoms with Crippen LogP contribution in [0.2, 0.25) is 0 Å². The molecule has 5 heteroatoms. The van der Waals surface area contributed by atoms with Gasteiger partial charge in [-0.3, -0.25) is 4.79 Å². The van der Waals surface area contributed by atoms with Gasteiger partial charge in [0.2, 0.25) is 5.91 Å². The molecule has 0 heterocycles. The first-order valence-electron chi connectivity index (χ1n) is 6.23. The van der Waals surface area contributed by atoms with Crippen LogP contribution in [0, 0.1) is 5.92 Å². The average molecular weight is 266 g/mol. The number of hydrogen-bond donors (Lipinski definition) is 2. The van der Waals surface area contributed by atoms with Gasteiger partial charge in [-0.1, -0.05) is 6.92 Å². The number of nitrogens with one attached hydrogen (secondary N) is 1. The second-order valence-electron chi connectivity index (χ2n) is 4.54. The molecule has 0 aliphatic rings. The molecule has 0 fully saturated rings. The predicted octanol–water partition coefficient (Wildman–Crippen LogP) is 1.30. The molecule has 0 spiro atoms. The van der Waals surface area contributed by atoms with Crippen molar-refractivity contribution in [3.63, 3.8) is 0 Å². The summed E-state index contributed by atoms with van der Waals surface area (Å²) in [7, 11) is 3.19. The molecule has 0 radical (unpaired) electrons. The van der Waals surface area contributed by atoms with E-state index in [0.29, 0.717) is 6.54 Å². The maximum Gasteiger partial charge on any atom is 0.224 e. The third-order valence-electron chi connectivity index (χ3n) is 3.14. The van der Waals surface area contributed by atoms with Gasteiger partial charge in [0.25, 0.3) is 0 Å². The summed E-state index contributed by atoms with van der Waals surface area (Å²) in [6.07, 6.45) is 0. The van der Waals surface area contributed by atoms with Crippen molar-refractivity contribution in [3.05, 3.63) is 23.8 Å². The van der Waals surface area contributed by atoms with Crippen LogP contribution in [0.3, 0.4) is 0 Å². The van der Waals surface area contributed by atoms with E-state index in [1.165, 1.54) is 0 Å². The lowest BCUT2D eigenvalue weighted by atomic mass is 10.0. The summed E-state index contributed by atoms with van der Waals surface area (Å²) < 4.78 is 10.4. The van der Waals surface area contributed by atoms with Crippen molar-refractivity contribution in [3.8, 4) is 11.5 Å². The Morgan fingerprint density at radius 3 is 2.53 bits per heavy atom. The molecule has 0 aromatic heterocycles. The lowest BCUT2D eigenvalue weighted by molar-refractivity contribution is -0.125. The van der Waals surface area contributed by atoms with Crippen molar-refractivity contribution in [2.75, 3.05) is 14.2 Å². The third kappa shape index (κ3) is 4.13. The zero-order valence-electron chi connectivity index (χ0n) is 11.9. The third-order valence-corrected chi connectivity index (χ3v) is 3.14. The fraction of sp³-hybridized carbons (Fsp3) is 0.500. The molecule has 0 aliphatic heterocycles. The van der Waals surface area contributed by atoms with E-state index < -0.39 is 0 Å². The van der Waals surface area contributed by atoms with Gasteiger partial charge in [-0.2, -0.15) is 0 Å². The number of hydrogen-bond acceptors (Lipinski definition) is 4. The summed E-state index contributed by atoms with van der Waals surface area (Å²) in [6.45, 7) is 4.01. The topological polar surface area (TPSA) is 73.6 Å². The summed E-state index contributed by atoms with van der Waals surface area (Å²) in [5.41, 5.74) is 6.57. The molecular weight excluding hydrogens is 244 g/mol. The molecule has 1 amide bonds. The summed E-state index contributed by atoms with van der Waals surface area (Å²) in [5, 5.41) is 2.85. The summed E-state index contributed by atoms with van der Waals surface area (Å²) in [6, 6.07) is 5.30. The second-order valence-corrected chi connectivity index (χ2v) is 4.54. The molecule has 5 nitrogen and oxygen atoms in total.